The van der Waals surface area contributed by atoms with Gasteiger partial charge in [-0.15, -0.1) is 22.7 Å². The first-order chi connectivity index (χ1) is 9.15. The maximum absolute atomic E-state index is 12.1. The molecule has 3 aromatic rings. The lowest BCUT2D eigenvalue weighted by atomic mass is 10.2. The maximum Gasteiger partial charge on any atom is 0.276 e. The lowest BCUT2D eigenvalue weighted by Gasteiger charge is -2.04. The second kappa shape index (κ2) is 4.60. The average molecular weight is 290 g/mol. The van der Waals surface area contributed by atoms with Crippen LogP contribution in [0.3, 0.4) is 0 Å². The molecule has 3 rings (SSSR count). The predicted molar refractivity (Wildman–Crippen MR) is 78.3 cm³/mol. The van der Waals surface area contributed by atoms with Crippen LogP contribution in [0.5, 0.6) is 0 Å². The summed E-state index contributed by atoms with van der Waals surface area (Å²) < 4.78 is 1.33. The van der Waals surface area contributed by atoms with Crippen LogP contribution in [0, 0.1) is 0 Å². The maximum atomic E-state index is 12.1. The second-order valence-corrected chi connectivity index (χ2v) is 5.76. The summed E-state index contributed by atoms with van der Waals surface area (Å²) in [5.74, 6) is 0. The van der Waals surface area contributed by atoms with Crippen molar-refractivity contribution in [1.29, 1.82) is 0 Å². The molecule has 3 heterocycles. The molecular formula is C12H10N4OS2. The molecule has 0 radical (unpaired) electrons. The van der Waals surface area contributed by atoms with Gasteiger partial charge >= 0.3 is 0 Å². The molecule has 0 amide bonds. The Balaban J connectivity index is 2.22. The van der Waals surface area contributed by atoms with Crippen molar-refractivity contribution in [2.75, 3.05) is 5.73 Å². The summed E-state index contributed by atoms with van der Waals surface area (Å²) in [5.41, 5.74) is 7.33. The van der Waals surface area contributed by atoms with Gasteiger partial charge in [-0.3, -0.25) is 4.79 Å². The molecule has 0 fully saturated rings. The summed E-state index contributed by atoms with van der Waals surface area (Å²) in [4.78, 5) is 17.3. The molecule has 0 saturated carbocycles. The number of aryl methyl sites for hydroxylation is 1. The zero-order valence-corrected chi connectivity index (χ0v) is 11.7. The largest absolute Gasteiger partial charge is 0.375 e. The van der Waals surface area contributed by atoms with Crippen LogP contribution in [0.25, 0.3) is 21.8 Å². The third-order valence-corrected chi connectivity index (χ3v) is 4.20. The van der Waals surface area contributed by atoms with E-state index in [1.54, 1.807) is 29.8 Å². The van der Waals surface area contributed by atoms with Crippen LogP contribution in [0.4, 0.5) is 5.13 Å². The third kappa shape index (κ3) is 2.18. The Hall–Kier alpha value is -1.99. The Morgan fingerprint density at radius 1 is 1.32 bits per heavy atom. The Kier molecular flexibility index (Phi) is 2.92. The smallest absolute Gasteiger partial charge is 0.276 e. The number of anilines is 1. The Labute approximate surface area is 117 Å². The normalized spacial score (nSPS) is 10.8. The number of nitrogens with zero attached hydrogens (tertiary/aromatic N) is 3. The minimum absolute atomic E-state index is 0.175. The van der Waals surface area contributed by atoms with Crippen molar-refractivity contribution in [3.63, 3.8) is 0 Å². The van der Waals surface area contributed by atoms with Gasteiger partial charge in [0.15, 0.2) is 5.13 Å². The number of nitrogen functional groups attached to an aromatic ring is 1. The van der Waals surface area contributed by atoms with Gasteiger partial charge in [0.25, 0.3) is 5.56 Å². The van der Waals surface area contributed by atoms with Gasteiger partial charge in [0.2, 0.25) is 0 Å². The van der Waals surface area contributed by atoms with Gasteiger partial charge in [-0.1, -0.05) is 6.07 Å². The standard InChI is InChI=1S/C12H10N4OS2/c1-16-11(17)7(9-6-19-12(13)14-9)5-8(15-16)10-3-2-4-18-10/h2-6H,1H3,(H2,13,14). The van der Waals surface area contributed by atoms with Gasteiger partial charge in [0.05, 0.1) is 16.1 Å². The van der Waals surface area contributed by atoms with Gasteiger partial charge in [-0.25, -0.2) is 9.67 Å². The SMILES string of the molecule is Cn1nc(-c2cccs2)cc(-c2csc(N)n2)c1=O. The van der Waals surface area contributed by atoms with E-state index in [1.807, 2.05) is 17.5 Å². The highest BCUT2D eigenvalue weighted by molar-refractivity contribution is 7.14. The lowest BCUT2D eigenvalue weighted by molar-refractivity contribution is 0.714. The molecular weight excluding hydrogens is 280 g/mol. The zero-order chi connectivity index (χ0) is 13.4. The molecule has 3 aromatic heterocycles. The summed E-state index contributed by atoms with van der Waals surface area (Å²) in [7, 11) is 1.64. The molecule has 0 unspecified atom stereocenters. The number of rotatable bonds is 2. The highest BCUT2D eigenvalue weighted by Crippen LogP contribution is 2.26. The molecule has 0 aliphatic rings. The van der Waals surface area contributed by atoms with E-state index >= 15 is 0 Å². The third-order valence-electron chi connectivity index (χ3n) is 2.63. The molecule has 0 aliphatic heterocycles. The van der Waals surface area contributed by atoms with E-state index in [1.165, 1.54) is 16.0 Å². The first-order valence-electron chi connectivity index (χ1n) is 5.49. The van der Waals surface area contributed by atoms with Gasteiger partial charge in [0.1, 0.15) is 5.69 Å². The molecule has 0 bridgehead atoms. The number of hydrogen-bond donors (Lipinski definition) is 1. The quantitative estimate of drug-likeness (QED) is 0.785. The summed E-state index contributed by atoms with van der Waals surface area (Å²) in [6.45, 7) is 0. The number of nitrogens with two attached hydrogens (primary N) is 1. The van der Waals surface area contributed by atoms with Crippen molar-refractivity contribution in [2.45, 2.75) is 0 Å². The first kappa shape index (κ1) is 12.1. The topological polar surface area (TPSA) is 73.8 Å². The number of thiophene rings is 1. The van der Waals surface area contributed by atoms with Gasteiger partial charge in [-0.05, 0) is 17.5 Å². The molecule has 0 atom stereocenters. The fourth-order valence-corrected chi connectivity index (χ4v) is 2.99. The summed E-state index contributed by atoms with van der Waals surface area (Å²) >= 11 is 2.90. The van der Waals surface area contributed by atoms with Crippen LogP contribution in [0.15, 0.2) is 33.8 Å². The Morgan fingerprint density at radius 3 is 2.79 bits per heavy atom. The summed E-state index contributed by atoms with van der Waals surface area (Å²) in [6.07, 6.45) is 0. The first-order valence-corrected chi connectivity index (χ1v) is 7.24. The van der Waals surface area contributed by atoms with Gasteiger partial charge < -0.3 is 5.73 Å². The van der Waals surface area contributed by atoms with E-state index in [4.69, 9.17) is 5.73 Å². The van der Waals surface area contributed by atoms with Crippen molar-refractivity contribution in [3.05, 3.63) is 39.3 Å². The molecule has 0 spiro atoms. The van der Waals surface area contributed by atoms with E-state index in [0.717, 1.165) is 10.6 Å². The van der Waals surface area contributed by atoms with Crippen LogP contribution >= 0.6 is 22.7 Å². The fraction of sp³-hybridized carbons (Fsp3) is 0.0833. The predicted octanol–water partition coefficient (Wildman–Crippen LogP) is 2.21. The van der Waals surface area contributed by atoms with Crippen molar-refractivity contribution >= 4 is 27.8 Å². The monoisotopic (exact) mass is 290 g/mol. The van der Waals surface area contributed by atoms with Crippen molar-refractivity contribution in [3.8, 4) is 21.8 Å². The van der Waals surface area contributed by atoms with Gasteiger partial charge in [0, 0.05) is 12.4 Å². The summed E-state index contributed by atoms with van der Waals surface area (Å²) in [5, 5.41) is 8.47. The highest BCUT2D eigenvalue weighted by Gasteiger charge is 2.12. The van der Waals surface area contributed by atoms with E-state index in [9.17, 15) is 4.79 Å². The van der Waals surface area contributed by atoms with Crippen LogP contribution in [0.1, 0.15) is 0 Å². The van der Waals surface area contributed by atoms with Crippen LogP contribution in [-0.4, -0.2) is 14.8 Å². The summed E-state index contributed by atoms with van der Waals surface area (Å²) in [6, 6.07) is 5.69. The highest BCUT2D eigenvalue weighted by atomic mass is 32.1. The van der Waals surface area contributed by atoms with Crippen molar-refractivity contribution in [1.82, 2.24) is 14.8 Å². The number of aromatic nitrogens is 3. The van der Waals surface area contributed by atoms with Crippen LogP contribution < -0.4 is 11.3 Å². The zero-order valence-electron chi connectivity index (χ0n) is 10.0. The lowest BCUT2D eigenvalue weighted by Crippen LogP contribution is -2.21. The minimum Gasteiger partial charge on any atom is -0.375 e. The van der Waals surface area contributed by atoms with E-state index in [0.29, 0.717) is 16.4 Å². The van der Waals surface area contributed by atoms with E-state index in [2.05, 4.69) is 10.1 Å². The molecule has 19 heavy (non-hydrogen) atoms. The Morgan fingerprint density at radius 2 is 2.16 bits per heavy atom. The molecule has 2 N–H and O–H groups in total. The number of hydrogen-bond acceptors (Lipinski definition) is 6. The van der Waals surface area contributed by atoms with Crippen molar-refractivity contribution in [2.24, 2.45) is 7.05 Å². The average Bonchev–Trinajstić information content (AvgIpc) is 3.03. The van der Waals surface area contributed by atoms with E-state index < -0.39 is 0 Å². The molecule has 5 nitrogen and oxygen atoms in total. The van der Waals surface area contributed by atoms with E-state index in [-0.39, 0.29) is 5.56 Å². The molecule has 7 heteroatoms. The molecule has 0 saturated heterocycles. The molecule has 0 aromatic carbocycles. The Bertz CT molecular complexity index is 773. The van der Waals surface area contributed by atoms with Gasteiger partial charge in [-0.2, -0.15) is 5.10 Å². The second-order valence-electron chi connectivity index (χ2n) is 3.92. The van der Waals surface area contributed by atoms with Crippen LogP contribution in [-0.2, 0) is 7.05 Å². The number of thiazole rings is 1. The van der Waals surface area contributed by atoms with Crippen LogP contribution in [0.2, 0.25) is 0 Å². The fourth-order valence-electron chi connectivity index (χ4n) is 1.75. The van der Waals surface area contributed by atoms with Crippen molar-refractivity contribution < 1.29 is 0 Å². The minimum atomic E-state index is -0.175. The molecule has 0 aliphatic carbocycles. The molecule has 96 valence electrons.